The first kappa shape index (κ1) is 12.5. The lowest BCUT2D eigenvalue weighted by Crippen LogP contribution is -2.30. The number of ether oxygens (including phenoxy) is 1. The Morgan fingerprint density at radius 3 is 2.74 bits per heavy atom. The number of amides is 1. The summed E-state index contributed by atoms with van der Waals surface area (Å²) in [6, 6.07) is 9.93. The Morgan fingerprint density at radius 1 is 1.21 bits per heavy atom. The van der Waals surface area contributed by atoms with Gasteiger partial charge in [0.1, 0.15) is 5.75 Å². The van der Waals surface area contributed by atoms with Crippen LogP contribution in [0.5, 0.6) is 5.75 Å². The molecule has 1 aliphatic carbocycles. The lowest BCUT2D eigenvalue weighted by atomic mass is 10.1. The molecular formula is C16H21NO2. The van der Waals surface area contributed by atoms with E-state index in [-0.39, 0.29) is 0 Å². The van der Waals surface area contributed by atoms with Crippen molar-refractivity contribution in [3.63, 3.8) is 0 Å². The number of likely N-dealkylation sites (tertiary alicyclic amines) is 1. The Morgan fingerprint density at radius 2 is 2.00 bits per heavy atom. The maximum atomic E-state index is 11.9. The van der Waals surface area contributed by atoms with Gasteiger partial charge in [0.25, 0.3) is 0 Å². The molecule has 19 heavy (non-hydrogen) atoms. The zero-order valence-electron chi connectivity index (χ0n) is 11.3. The minimum absolute atomic E-state index is 0.360. The van der Waals surface area contributed by atoms with Gasteiger partial charge in [-0.15, -0.1) is 0 Å². The molecule has 1 heterocycles. The highest BCUT2D eigenvalue weighted by Gasteiger charge is 2.36. The number of rotatable bonds is 5. The number of carbonyl (C=O) groups excluding carboxylic acids is 1. The minimum Gasteiger partial charge on any atom is -0.494 e. The van der Waals surface area contributed by atoms with Crippen molar-refractivity contribution in [3.8, 4) is 5.75 Å². The molecule has 3 nitrogen and oxygen atoms in total. The summed E-state index contributed by atoms with van der Waals surface area (Å²) in [6.07, 6.45) is 4.40. The van der Waals surface area contributed by atoms with E-state index in [1.165, 1.54) is 0 Å². The molecule has 1 saturated carbocycles. The fourth-order valence-corrected chi connectivity index (χ4v) is 2.72. The van der Waals surface area contributed by atoms with Gasteiger partial charge in [-0.2, -0.15) is 0 Å². The molecule has 102 valence electrons. The topological polar surface area (TPSA) is 29.5 Å². The molecule has 1 aliphatic heterocycles. The molecule has 0 radical (unpaired) electrons. The zero-order chi connectivity index (χ0) is 13.1. The highest BCUT2D eigenvalue weighted by atomic mass is 16.5. The SMILES string of the molecule is O=C(C1CC1)N1CCC(CCOc2ccccc2)C1. The van der Waals surface area contributed by atoms with Crippen molar-refractivity contribution in [2.24, 2.45) is 11.8 Å². The average Bonchev–Trinajstić information content (AvgIpc) is 3.19. The molecule has 2 fully saturated rings. The van der Waals surface area contributed by atoms with Crippen LogP contribution in [0, 0.1) is 11.8 Å². The van der Waals surface area contributed by atoms with Crippen LogP contribution in [-0.4, -0.2) is 30.5 Å². The molecule has 1 aromatic rings. The molecule has 3 rings (SSSR count). The summed E-state index contributed by atoms with van der Waals surface area (Å²) in [5, 5.41) is 0. The highest BCUT2D eigenvalue weighted by Crippen LogP contribution is 2.33. The summed E-state index contributed by atoms with van der Waals surface area (Å²) < 4.78 is 5.72. The van der Waals surface area contributed by atoms with Gasteiger partial charge in [0.2, 0.25) is 5.91 Å². The predicted octanol–water partition coefficient (Wildman–Crippen LogP) is 2.71. The molecule has 0 spiro atoms. The smallest absolute Gasteiger partial charge is 0.225 e. The Balaban J connectivity index is 1.38. The van der Waals surface area contributed by atoms with Gasteiger partial charge in [0, 0.05) is 19.0 Å². The normalized spacial score (nSPS) is 22.5. The molecule has 1 saturated heterocycles. The van der Waals surface area contributed by atoms with Crippen molar-refractivity contribution in [1.29, 1.82) is 0 Å². The van der Waals surface area contributed by atoms with Crippen molar-refractivity contribution >= 4 is 5.91 Å². The number of hydrogen-bond donors (Lipinski definition) is 0. The summed E-state index contributed by atoms with van der Waals surface area (Å²) in [5.41, 5.74) is 0. The van der Waals surface area contributed by atoms with Gasteiger partial charge >= 0.3 is 0 Å². The van der Waals surface area contributed by atoms with Gasteiger partial charge in [-0.1, -0.05) is 18.2 Å². The van der Waals surface area contributed by atoms with E-state index in [9.17, 15) is 4.79 Å². The standard InChI is InChI=1S/C16H21NO2/c18-16(14-6-7-14)17-10-8-13(12-17)9-11-19-15-4-2-1-3-5-15/h1-5,13-14H,6-12H2. The number of nitrogens with zero attached hydrogens (tertiary/aromatic N) is 1. The summed E-state index contributed by atoms with van der Waals surface area (Å²) in [5.74, 6) is 2.31. The van der Waals surface area contributed by atoms with E-state index in [0.717, 1.165) is 51.1 Å². The summed E-state index contributed by atoms with van der Waals surface area (Å²) >= 11 is 0. The van der Waals surface area contributed by atoms with Crippen LogP contribution in [0.15, 0.2) is 30.3 Å². The third kappa shape index (κ3) is 3.28. The molecule has 1 aromatic carbocycles. The second-order valence-electron chi connectivity index (χ2n) is 5.66. The first-order valence-corrected chi connectivity index (χ1v) is 7.29. The van der Waals surface area contributed by atoms with Crippen molar-refractivity contribution in [1.82, 2.24) is 4.90 Å². The van der Waals surface area contributed by atoms with E-state index in [4.69, 9.17) is 4.74 Å². The Bertz CT molecular complexity index is 428. The molecule has 0 bridgehead atoms. The van der Waals surface area contributed by atoms with Gasteiger partial charge < -0.3 is 9.64 Å². The van der Waals surface area contributed by atoms with Crippen molar-refractivity contribution < 1.29 is 9.53 Å². The highest BCUT2D eigenvalue weighted by molar-refractivity contribution is 5.81. The van der Waals surface area contributed by atoms with E-state index in [1.54, 1.807) is 0 Å². The largest absolute Gasteiger partial charge is 0.494 e. The predicted molar refractivity (Wildman–Crippen MR) is 74.0 cm³/mol. The van der Waals surface area contributed by atoms with Crippen molar-refractivity contribution in [2.45, 2.75) is 25.7 Å². The summed E-state index contributed by atoms with van der Waals surface area (Å²) in [7, 11) is 0. The average molecular weight is 259 g/mol. The van der Waals surface area contributed by atoms with Crippen molar-refractivity contribution in [2.75, 3.05) is 19.7 Å². The fraction of sp³-hybridized carbons (Fsp3) is 0.562. The van der Waals surface area contributed by atoms with Crippen LogP contribution in [0.4, 0.5) is 0 Å². The third-order valence-electron chi connectivity index (χ3n) is 4.06. The van der Waals surface area contributed by atoms with Crippen LogP contribution < -0.4 is 4.74 Å². The molecule has 0 N–H and O–H groups in total. The molecule has 3 heteroatoms. The number of hydrogen-bond acceptors (Lipinski definition) is 2. The maximum absolute atomic E-state index is 11.9. The van der Waals surface area contributed by atoms with Crippen LogP contribution in [0.3, 0.4) is 0 Å². The van der Waals surface area contributed by atoms with Gasteiger partial charge in [0.05, 0.1) is 6.61 Å². The lowest BCUT2D eigenvalue weighted by molar-refractivity contribution is -0.131. The van der Waals surface area contributed by atoms with Crippen LogP contribution in [-0.2, 0) is 4.79 Å². The van der Waals surface area contributed by atoms with E-state index >= 15 is 0 Å². The van der Waals surface area contributed by atoms with Gasteiger partial charge in [-0.25, -0.2) is 0 Å². The van der Waals surface area contributed by atoms with Crippen LogP contribution >= 0.6 is 0 Å². The van der Waals surface area contributed by atoms with E-state index in [1.807, 2.05) is 30.3 Å². The third-order valence-corrected chi connectivity index (χ3v) is 4.06. The number of carbonyl (C=O) groups is 1. The van der Waals surface area contributed by atoms with Gasteiger partial charge in [-0.3, -0.25) is 4.79 Å². The Labute approximate surface area is 114 Å². The molecule has 0 aromatic heterocycles. The number of benzene rings is 1. The van der Waals surface area contributed by atoms with E-state index < -0.39 is 0 Å². The maximum Gasteiger partial charge on any atom is 0.225 e. The fourth-order valence-electron chi connectivity index (χ4n) is 2.72. The van der Waals surface area contributed by atoms with Crippen molar-refractivity contribution in [3.05, 3.63) is 30.3 Å². The molecule has 2 aliphatic rings. The molecule has 1 amide bonds. The Kier molecular flexibility index (Phi) is 3.72. The first-order valence-electron chi connectivity index (χ1n) is 7.29. The van der Waals surface area contributed by atoms with Crippen LogP contribution in [0.25, 0.3) is 0 Å². The first-order chi connectivity index (χ1) is 9.33. The van der Waals surface area contributed by atoms with Gasteiger partial charge in [-0.05, 0) is 43.7 Å². The summed E-state index contributed by atoms with van der Waals surface area (Å²) in [4.78, 5) is 14.0. The van der Waals surface area contributed by atoms with Crippen LogP contribution in [0.2, 0.25) is 0 Å². The second kappa shape index (κ2) is 5.64. The quantitative estimate of drug-likeness (QED) is 0.813. The second-order valence-corrected chi connectivity index (χ2v) is 5.66. The Hall–Kier alpha value is -1.51. The van der Waals surface area contributed by atoms with Crippen LogP contribution in [0.1, 0.15) is 25.7 Å². The van der Waals surface area contributed by atoms with Gasteiger partial charge in [0.15, 0.2) is 0 Å². The van der Waals surface area contributed by atoms with E-state index in [0.29, 0.717) is 17.7 Å². The molecular weight excluding hydrogens is 238 g/mol. The molecule has 1 unspecified atom stereocenters. The molecule has 1 atom stereocenters. The summed E-state index contributed by atoms with van der Waals surface area (Å²) in [6.45, 7) is 2.64. The zero-order valence-corrected chi connectivity index (χ0v) is 11.3. The number of para-hydroxylation sites is 1. The monoisotopic (exact) mass is 259 g/mol. The minimum atomic E-state index is 0.360. The van der Waals surface area contributed by atoms with E-state index in [2.05, 4.69) is 4.90 Å². The lowest BCUT2D eigenvalue weighted by Gasteiger charge is -2.16.